The molecule has 0 aromatic rings. The largest absolute Gasteiger partial charge is 0.356 e. The van der Waals surface area contributed by atoms with Crippen molar-refractivity contribution >= 4 is 5.91 Å². The van der Waals surface area contributed by atoms with Crippen LogP contribution >= 0.6 is 0 Å². The van der Waals surface area contributed by atoms with Crippen molar-refractivity contribution in [2.45, 2.75) is 53.9 Å². The van der Waals surface area contributed by atoms with Crippen molar-refractivity contribution in [2.24, 2.45) is 5.92 Å². The molecule has 19 heavy (non-hydrogen) atoms. The topological polar surface area (TPSA) is 53.2 Å². The Hall–Kier alpha value is -0.610. The molecular formula is C15H35N3O. The Labute approximate surface area is 120 Å². The standard InChI is InChI=1S/C13H29N3O.C2H6/c1-4-14-8-5-6-9-15-10-7-11-16-13(17)12(2)3;1-2/h12,14-15H,4-11H2,1-3H3,(H,16,17);1-2H3. The fourth-order valence-electron chi connectivity index (χ4n) is 1.43. The van der Waals surface area contributed by atoms with E-state index in [0.29, 0.717) is 0 Å². The van der Waals surface area contributed by atoms with Gasteiger partial charge in [0.15, 0.2) is 0 Å². The van der Waals surface area contributed by atoms with Crippen molar-refractivity contribution < 1.29 is 4.79 Å². The molecule has 0 aliphatic carbocycles. The molecule has 0 heterocycles. The average molecular weight is 273 g/mol. The summed E-state index contributed by atoms with van der Waals surface area (Å²) in [5, 5.41) is 9.61. The monoisotopic (exact) mass is 273 g/mol. The van der Waals surface area contributed by atoms with Crippen LogP contribution < -0.4 is 16.0 Å². The molecule has 0 saturated heterocycles. The number of nitrogens with one attached hydrogen (secondary N) is 3. The fourth-order valence-corrected chi connectivity index (χ4v) is 1.43. The molecule has 0 aromatic carbocycles. The number of amides is 1. The predicted octanol–water partition coefficient (Wildman–Crippen LogP) is 2.15. The van der Waals surface area contributed by atoms with Gasteiger partial charge in [-0.15, -0.1) is 0 Å². The summed E-state index contributed by atoms with van der Waals surface area (Å²) in [6, 6.07) is 0. The zero-order chi connectivity index (χ0) is 14.9. The second-order valence-corrected chi connectivity index (χ2v) is 4.61. The lowest BCUT2D eigenvalue weighted by Gasteiger charge is -2.08. The van der Waals surface area contributed by atoms with Gasteiger partial charge in [-0.3, -0.25) is 4.79 Å². The van der Waals surface area contributed by atoms with Crippen molar-refractivity contribution in [3.63, 3.8) is 0 Å². The van der Waals surface area contributed by atoms with Crippen LogP contribution in [0.5, 0.6) is 0 Å². The summed E-state index contributed by atoms with van der Waals surface area (Å²) in [6.45, 7) is 15.0. The molecule has 4 nitrogen and oxygen atoms in total. The van der Waals surface area contributed by atoms with Crippen LogP contribution in [-0.2, 0) is 4.79 Å². The molecule has 0 saturated carbocycles. The van der Waals surface area contributed by atoms with E-state index in [-0.39, 0.29) is 11.8 Å². The van der Waals surface area contributed by atoms with E-state index >= 15 is 0 Å². The normalized spacial score (nSPS) is 10.0. The summed E-state index contributed by atoms with van der Waals surface area (Å²) in [6.07, 6.45) is 3.45. The van der Waals surface area contributed by atoms with Gasteiger partial charge in [-0.05, 0) is 45.4 Å². The molecule has 0 aliphatic heterocycles. The fraction of sp³-hybridized carbons (Fsp3) is 0.933. The van der Waals surface area contributed by atoms with Crippen LogP contribution in [0.1, 0.15) is 53.9 Å². The maximum Gasteiger partial charge on any atom is 0.222 e. The predicted molar refractivity (Wildman–Crippen MR) is 84.5 cm³/mol. The minimum Gasteiger partial charge on any atom is -0.356 e. The van der Waals surface area contributed by atoms with E-state index in [1.165, 1.54) is 12.8 Å². The molecule has 4 heteroatoms. The third-order valence-corrected chi connectivity index (χ3v) is 2.56. The van der Waals surface area contributed by atoms with Gasteiger partial charge in [0.25, 0.3) is 0 Å². The van der Waals surface area contributed by atoms with Crippen LogP contribution in [0.4, 0.5) is 0 Å². The van der Waals surface area contributed by atoms with E-state index in [4.69, 9.17) is 0 Å². The van der Waals surface area contributed by atoms with Crippen LogP contribution in [0.15, 0.2) is 0 Å². The molecule has 0 atom stereocenters. The summed E-state index contributed by atoms with van der Waals surface area (Å²) in [4.78, 5) is 11.2. The van der Waals surface area contributed by atoms with Gasteiger partial charge in [0.05, 0.1) is 0 Å². The second kappa shape index (κ2) is 17.4. The highest BCUT2D eigenvalue weighted by Gasteiger charge is 2.04. The van der Waals surface area contributed by atoms with Crippen LogP contribution in [0.25, 0.3) is 0 Å². The van der Waals surface area contributed by atoms with E-state index in [2.05, 4.69) is 22.9 Å². The molecule has 0 bridgehead atoms. The Morgan fingerprint density at radius 1 is 0.895 bits per heavy atom. The summed E-state index contributed by atoms with van der Waals surface area (Å²) in [7, 11) is 0. The van der Waals surface area contributed by atoms with Crippen molar-refractivity contribution in [3.05, 3.63) is 0 Å². The Morgan fingerprint density at radius 3 is 1.95 bits per heavy atom. The summed E-state index contributed by atoms with van der Waals surface area (Å²) >= 11 is 0. The van der Waals surface area contributed by atoms with Crippen molar-refractivity contribution in [1.82, 2.24) is 16.0 Å². The molecule has 0 unspecified atom stereocenters. The minimum absolute atomic E-state index is 0.0917. The molecule has 0 rings (SSSR count). The highest BCUT2D eigenvalue weighted by Crippen LogP contribution is 1.90. The summed E-state index contributed by atoms with van der Waals surface area (Å²) in [5.41, 5.74) is 0. The number of hydrogen-bond acceptors (Lipinski definition) is 3. The molecule has 116 valence electrons. The quantitative estimate of drug-likeness (QED) is 0.506. The number of hydrogen-bond donors (Lipinski definition) is 3. The Balaban J connectivity index is 0. The van der Waals surface area contributed by atoms with Crippen molar-refractivity contribution in [3.8, 4) is 0 Å². The zero-order valence-corrected chi connectivity index (χ0v) is 13.6. The lowest BCUT2D eigenvalue weighted by molar-refractivity contribution is -0.123. The smallest absolute Gasteiger partial charge is 0.222 e. The third kappa shape index (κ3) is 17.4. The first-order chi connectivity index (χ1) is 9.18. The van der Waals surface area contributed by atoms with Crippen LogP contribution in [-0.4, -0.2) is 38.6 Å². The van der Waals surface area contributed by atoms with Gasteiger partial charge in [-0.1, -0.05) is 34.6 Å². The van der Waals surface area contributed by atoms with Crippen molar-refractivity contribution in [2.75, 3.05) is 32.7 Å². The SMILES string of the molecule is CC.CCNCCCCNCCCNC(=O)C(C)C. The number of unbranched alkanes of at least 4 members (excludes halogenated alkanes) is 1. The molecular weight excluding hydrogens is 238 g/mol. The lowest BCUT2D eigenvalue weighted by atomic mass is 10.2. The van der Waals surface area contributed by atoms with Gasteiger partial charge in [-0.2, -0.15) is 0 Å². The number of carbonyl (C=O) groups excluding carboxylic acids is 1. The van der Waals surface area contributed by atoms with Crippen molar-refractivity contribution in [1.29, 1.82) is 0 Å². The summed E-state index contributed by atoms with van der Waals surface area (Å²) in [5.74, 6) is 0.240. The first kappa shape index (κ1) is 20.7. The van der Waals surface area contributed by atoms with Gasteiger partial charge < -0.3 is 16.0 Å². The number of carbonyl (C=O) groups is 1. The molecule has 0 fully saturated rings. The van der Waals surface area contributed by atoms with E-state index in [0.717, 1.165) is 39.1 Å². The minimum atomic E-state index is 0.0917. The van der Waals surface area contributed by atoms with E-state index < -0.39 is 0 Å². The summed E-state index contributed by atoms with van der Waals surface area (Å²) < 4.78 is 0. The van der Waals surface area contributed by atoms with Gasteiger partial charge in [-0.25, -0.2) is 0 Å². The first-order valence-corrected chi connectivity index (χ1v) is 7.87. The molecule has 3 N–H and O–H groups in total. The maximum absolute atomic E-state index is 11.2. The third-order valence-electron chi connectivity index (χ3n) is 2.56. The van der Waals surface area contributed by atoms with E-state index in [9.17, 15) is 4.79 Å². The van der Waals surface area contributed by atoms with Gasteiger partial charge in [0.2, 0.25) is 5.91 Å². The van der Waals surface area contributed by atoms with Gasteiger partial charge in [0, 0.05) is 12.5 Å². The zero-order valence-electron chi connectivity index (χ0n) is 13.6. The van der Waals surface area contributed by atoms with Crippen LogP contribution in [0, 0.1) is 5.92 Å². The van der Waals surface area contributed by atoms with Crippen LogP contribution in [0.3, 0.4) is 0 Å². The van der Waals surface area contributed by atoms with Gasteiger partial charge in [0.1, 0.15) is 0 Å². The molecule has 0 aromatic heterocycles. The Kier molecular flexibility index (Phi) is 18.9. The average Bonchev–Trinajstić information content (AvgIpc) is 2.42. The Morgan fingerprint density at radius 2 is 1.42 bits per heavy atom. The van der Waals surface area contributed by atoms with Crippen LogP contribution in [0.2, 0.25) is 0 Å². The molecule has 0 radical (unpaired) electrons. The molecule has 0 spiro atoms. The van der Waals surface area contributed by atoms with E-state index in [1.54, 1.807) is 0 Å². The highest BCUT2D eigenvalue weighted by atomic mass is 16.1. The number of rotatable bonds is 11. The molecule has 0 aliphatic rings. The lowest BCUT2D eigenvalue weighted by Crippen LogP contribution is -2.30. The first-order valence-electron chi connectivity index (χ1n) is 7.87. The maximum atomic E-state index is 11.2. The van der Waals surface area contributed by atoms with E-state index in [1.807, 2.05) is 27.7 Å². The highest BCUT2D eigenvalue weighted by molar-refractivity contribution is 5.77. The second-order valence-electron chi connectivity index (χ2n) is 4.61. The molecule has 1 amide bonds. The Bertz CT molecular complexity index is 184. The van der Waals surface area contributed by atoms with Gasteiger partial charge >= 0.3 is 0 Å².